The summed E-state index contributed by atoms with van der Waals surface area (Å²) < 4.78 is 1.79. The number of aromatic nitrogens is 2. The highest BCUT2D eigenvalue weighted by atomic mass is 35.5. The number of hydrogen-bond donors (Lipinski definition) is 1. The van der Waals surface area contributed by atoms with E-state index >= 15 is 0 Å². The molecule has 4 nitrogen and oxygen atoms in total. The van der Waals surface area contributed by atoms with Crippen LogP contribution in [-0.2, 0) is 0 Å². The molecule has 100 valence electrons. The number of carbonyl (C=O) groups is 1. The third-order valence-electron chi connectivity index (χ3n) is 2.51. The smallest absolute Gasteiger partial charge is 0.338 e. The molecule has 0 saturated carbocycles. The quantitative estimate of drug-likeness (QED) is 0.732. The zero-order valence-corrected chi connectivity index (χ0v) is 12.3. The number of pyridine rings is 1. The molecule has 0 bridgehead atoms. The Morgan fingerprint density at radius 2 is 2.00 bits per heavy atom. The minimum atomic E-state index is -1.03. The predicted molar refractivity (Wildman–Crippen MR) is 79.9 cm³/mol. The molecule has 0 aliphatic rings. The highest BCUT2D eigenvalue weighted by molar-refractivity contribution is 8.01. The zero-order valence-electron chi connectivity index (χ0n) is 9.91. The van der Waals surface area contributed by atoms with Gasteiger partial charge < -0.3 is 5.11 Å². The van der Waals surface area contributed by atoms with Crippen LogP contribution in [0.3, 0.4) is 0 Å². The van der Waals surface area contributed by atoms with Crippen molar-refractivity contribution in [1.82, 2.24) is 9.97 Å². The molecule has 1 N–H and O–H groups in total. The number of carboxylic acid groups (broad SMARTS) is 1. The summed E-state index contributed by atoms with van der Waals surface area (Å²) in [4.78, 5) is 19.7. The van der Waals surface area contributed by atoms with Crippen LogP contribution in [0, 0.1) is 0 Å². The lowest BCUT2D eigenvalue weighted by Gasteiger charge is -2.02. The van der Waals surface area contributed by atoms with Gasteiger partial charge in [-0.15, -0.1) is 11.3 Å². The van der Waals surface area contributed by atoms with E-state index in [1.54, 1.807) is 0 Å². The number of rotatable bonds is 3. The SMILES string of the molecule is O=C(O)c1ccc(Cl)nc1Sc1nc2ccccc2s1. The molecule has 2 heterocycles. The summed E-state index contributed by atoms with van der Waals surface area (Å²) in [5.41, 5.74) is 1.01. The van der Waals surface area contributed by atoms with E-state index in [4.69, 9.17) is 16.7 Å². The summed E-state index contributed by atoms with van der Waals surface area (Å²) in [6.45, 7) is 0. The van der Waals surface area contributed by atoms with Crippen molar-refractivity contribution in [3.8, 4) is 0 Å². The largest absolute Gasteiger partial charge is 0.478 e. The fourth-order valence-electron chi connectivity index (χ4n) is 1.64. The van der Waals surface area contributed by atoms with Crippen molar-refractivity contribution in [2.75, 3.05) is 0 Å². The van der Waals surface area contributed by atoms with Crippen LogP contribution in [0.4, 0.5) is 0 Å². The number of thiazole rings is 1. The van der Waals surface area contributed by atoms with Crippen molar-refractivity contribution in [2.24, 2.45) is 0 Å². The fourth-order valence-corrected chi connectivity index (χ4v) is 3.92. The predicted octanol–water partition coefficient (Wildman–Crippen LogP) is 4.19. The standard InChI is InChI=1S/C13H7ClN2O2S2/c14-10-6-5-7(12(17)18)11(16-10)20-13-15-8-3-1-2-4-9(8)19-13/h1-6H,(H,17,18). The van der Waals surface area contributed by atoms with Gasteiger partial charge >= 0.3 is 5.97 Å². The molecule has 0 saturated heterocycles. The van der Waals surface area contributed by atoms with Crippen molar-refractivity contribution in [3.63, 3.8) is 0 Å². The van der Waals surface area contributed by atoms with Gasteiger partial charge in [0.05, 0.1) is 15.8 Å². The second kappa shape index (κ2) is 5.40. The van der Waals surface area contributed by atoms with E-state index < -0.39 is 5.97 Å². The molecule has 0 radical (unpaired) electrons. The second-order valence-electron chi connectivity index (χ2n) is 3.84. The summed E-state index contributed by atoms with van der Waals surface area (Å²) >= 11 is 8.54. The van der Waals surface area contributed by atoms with Gasteiger partial charge in [-0.25, -0.2) is 14.8 Å². The van der Waals surface area contributed by atoms with Gasteiger partial charge in [-0.1, -0.05) is 23.7 Å². The molecule has 0 spiro atoms. The number of nitrogens with zero attached hydrogens (tertiary/aromatic N) is 2. The summed E-state index contributed by atoms with van der Waals surface area (Å²) in [6, 6.07) is 10.7. The van der Waals surface area contributed by atoms with Crippen molar-refractivity contribution in [2.45, 2.75) is 9.37 Å². The lowest BCUT2D eigenvalue weighted by Crippen LogP contribution is -2.00. The van der Waals surface area contributed by atoms with Crippen LogP contribution in [0.2, 0.25) is 5.15 Å². The van der Waals surface area contributed by atoms with Crippen LogP contribution >= 0.6 is 34.7 Å². The van der Waals surface area contributed by atoms with Gasteiger partial charge in [0.15, 0.2) is 4.34 Å². The number of hydrogen-bond acceptors (Lipinski definition) is 5. The third-order valence-corrected chi connectivity index (χ3v) is 4.83. The van der Waals surface area contributed by atoms with Gasteiger partial charge in [-0.3, -0.25) is 0 Å². The Kier molecular flexibility index (Phi) is 3.60. The first-order chi connectivity index (χ1) is 9.63. The van der Waals surface area contributed by atoms with Gasteiger partial charge in [0.25, 0.3) is 0 Å². The van der Waals surface area contributed by atoms with Gasteiger partial charge in [-0.2, -0.15) is 0 Å². The summed E-state index contributed by atoms with van der Waals surface area (Å²) in [5.74, 6) is -1.03. The van der Waals surface area contributed by atoms with E-state index in [1.807, 2.05) is 24.3 Å². The van der Waals surface area contributed by atoms with E-state index in [-0.39, 0.29) is 10.7 Å². The molecule has 0 aliphatic heterocycles. The van der Waals surface area contributed by atoms with Gasteiger partial charge in [0.1, 0.15) is 10.2 Å². The summed E-state index contributed by atoms with van der Waals surface area (Å²) in [5, 5.41) is 9.77. The number of halogens is 1. The normalized spacial score (nSPS) is 10.8. The highest BCUT2D eigenvalue weighted by Gasteiger charge is 2.15. The maximum absolute atomic E-state index is 11.2. The van der Waals surface area contributed by atoms with Gasteiger partial charge in [-0.05, 0) is 36.0 Å². The molecule has 0 unspecified atom stereocenters. The molecule has 0 atom stereocenters. The Bertz CT molecular complexity index is 771. The first kappa shape index (κ1) is 13.4. The molecule has 1 aromatic carbocycles. The Balaban J connectivity index is 2.01. The van der Waals surface area contributed by atoms with E-state index in [0.717, 1.165) is 14.6 Å². The molecular formula is C13H7ClN2O2S2. The maximum Gasteiger partial charge on any atom is 0.338 e. The van der Waals surface area contributed by atoms with Gasteiger partial charge in [0, 0.05) is 0 Å². The van der Waals surface area contributed by atoms with E-state index in [2.05, 4.69) is 9.97 Å². The Morgan fingerprint density at radius 3 is 2.75 bits per heavy atom. The van der Waals surface area contributed by atoms with Crippen LogP contribution in [0.1, 0.15) is 10.4 Å². The van der Waals surface area contributed by atoms with Crippen LogP contribution in [0.15, 0.2) is 45.8 Å². The Morgan fingerprint density at radius 1 is 1.20 bits per heavy atom. The van der Waals surface area contributed by atoms with E-state index in [1.165, 1.54) is 35.2 Å². The number of carboxylic acids is 1. The minimum Gasteiger partial charge on any atom is -0.478 e. The molecule has 3 aromatic rings. The Labute approximate surface area is 127 Å². The second-order valence-corrected chi connectivity index (χ2v) is 6.50. The monoisotopic (exact) mass is 322 g/mol. The molecule has 0 fully saturated rings. The summed E-state index contributed by atoms with van der Waals surface area (Å²) in [7, 11) is 0. The molecule has 0 aliphatic carbocycles. The average molecular weight is 323 g/mol. The van der Waals surface area contributed by atoms with Crippen LogP contribution in [-0.4, -0.2) is 21.0 Å². The number of aromatic carboxylic acids is 1. The van der Waals surface area contributed by atoms with Crippen molar-refractivity contribution in [3.05, 3.63) is 47.1 Å². The lowest BCUT2D eigenvalue weighted by atomic mass is 10.3. The maximum atomic E-state index is 11.2. The highest BCUT2D eigenvalue weighted by Crippen LogP contribution is 2.35. The van der Waals surface area contributed by atoms with E-state index in [0.29, 0.717) is 5.03 Å². The van der Waals surface area contributed by atoms with Crippen LogP contribution in [0.25, 0.3) is 10.2 Å². The molecule has 7 heteroatoms. The van der Waals surface area contributed by atoms with Crippen molar-refractivity contribution < 1.29 is 9.90 Å². The number of fused-ring (bicyclic) bond motifs is 1. The zero-order chi connectivity index (χ0) is 14.1. The minimum absolute atomic E-state index is 0.124. The van der Waals surface area contributed by atoms with Crippen molar-refractivity contribution >= 4 is 50.9 Å². The first-order valence-electron chi connectivity index (χ1n) is 5.57. The topological polar surface area (TPSA) is 63.1 Å². The lowest BCUT2D eigenvalue weighted by molar-refractivity contribution is 0.0692. The molecule has 3 rings (SSSR count). The summed E-state index contributed by atoms with van der Waals surface area (Å²) in [6.07, 6.45) is 0. The van der Waals surface area contributed by atoms with Crippen LogP contribution in [0.5, 0.6) is 0 Å². The van der Waals surface area contributed by atoms with Crippen LogP contribution < -0.4 is 0 Å². The molecule has 20 heavy (non-hydrogen) atoms. The first-order valence-corrected chi connectivity index (χ1v) is 7.58. The fraction of sp³-hybridized carbons (Fsp3) is 0. The average Bonchev–Trinajstić information content (AvgIpc) is 2.80. The number of para-hydroxylation sites is 1. The molecular weight excluding hydrogens is 316 g/mol. The van der Waals surface area contributed by atoms with Crippen molar-refractivity contribution in [1.29, 1.82) is 0 Å². The Hall–Kier alpha value is -1.63. The third kappa shape index (κ3) is 2.63. The number of benzene rings is 1. The van der Waals surface area contributed by atoms with Gasteiger partial charge in [0.2, 0.25) is 0 Å². The molecule has 0 amide bonds. The van der Waals surface area contributed by atoms with E-state index in [9.17, 15) is 4.79 Å². The molecule has 2 aromatic heterocycles.